The second-order valence-electron chi connectivity index (χ2n) is 3.10. The molecular formula is C9H15NO2. The van der Waals surface area contributed by atoms with Gasteiger partial charge in [0.15, 0.2) is 5.78 Å². The second kappa shape index (κ2) is 3.70. The molecule has 1 heterocycles. The summed E-state index contributed by atoms with van der Waals surface area (Å²) in [6, 6.07) is 0. The maximum Gasteiger partial charge on any atom is 0.177 e. The Kier molecular flexibility index (Phi) is 2.84. The van der Waals surface area contributed by atoms with E-state index in [1.807, 2.05) is 6.92 Å². The summed E-state index contributed by atoms with van der Waals surface area (Å²) in [5, 5.41) is 3.81. The van der Waals surface area contributed by atoms with Crippen LogP contribution in [0.25, 0.3) is 0 Å². The van der Waals surface area contributed by atoms with E-state index in [1.165, 1.54) is 0 Å². The minimum absolute atomic E-state index is 0.0396. The van der Waals surface area contributed by atoms with Crippen molar-refractivity contribution in [3.05, 3.63) is 0 Å². The highest BCUT2D eigenvalue weighted by atomic mass is 16.6. The van der Waals surface area contributed by atoms with E-state index in [1.54, 1.807) is 6.92 Å². The first kappa shape index (κ1) is 9.23. The lowest BCUT2D eigenvalue weighted by Gasteiger charge is -2.13. The van der Waals surface area contributed by atoms with Crippen LogP contribution in [0.15, 0.2) is 5.16 Å². The van der Waals surface area contributed by atoms with Crippen molar-refractivity contribution in [1.82, 2.24) is 0 Å². The molecule has 0 saturated heterocycles. The normalized spacial score (nSPS) is 28.1. The van der Waals surface area contributed by atoms with Gasteiger partial charge in [0, 0.05) is 12.8 Å². The largest absolute Gasteiger partial charge is 0.391 e. The molecule has 0 aromatic carbocycles. The summed E-state index contributed by atoms with van der Waals surface area (Å²) in [4.78, 5) is 16.2. The fraction of sp³-hybridized carbons (Fsp3) is 0.778. The standard InChI is InChI=1S/C9H15NO2/c1-4-7-8(5-2)12-10-9(7)6(3)11/h7-8H,4-5H2,1-3H3/t7-,8-/m1/s1. The van der Waals surface area contributed by atoms with Crippen molar-refractivity contribution in [1.29, 1.82) is 0 Å². The van der Waals surface area contributed by atoms with Gasteiger partial charge < -0.3 is 4.84 Å². The van der Waals surface area contributed by atoms with Crippen LogP contribution in [0, 0.1) is 5.92 Å². The molecule has 0 spiro atoms. The van der Waals surface area contributed by atoms with Gasteiger partial charge in [-0.05, 0) is 12.8 Å². The third kappa shape index (κ3) is 1.49. The number of Topliss-reactive ketones (excluding diaryl/α,β-unsaturated/α-hetero) is 1. The van der Waals surface area contributed by atoms with Crippen LogP contribution in [0.3, 0.4) is 0 Å². The third-order valence-corrected chi connectivity index (χ3v) is 2.29. The van der Waals surface area contributed by atoms with E-state index in [2.05, 4.69) is 12.1 Å². The van der Waals surface area contributed by atoms with Crippen LogP contribution in [0.2, 0.25) is 0 Å². The Balaban J connectivity index is 2.71. The number of rotatable bonds is 3. The third-order valence-electron chi connectivity index (χ3n) is 2.29. The number of hydrogen-bond acceptors (Lipinski definition) is 3. The Morgan fingerprint density at radius 2 is 2.17 bits per heavy atom. The summed E-state index contributed by atoms with van der Waals surface area (Å²) in [7, 11) is 0. The van der Waals surface area contributed by atoms with Gasteiger partial charge in [-0.1, -0.05) is 19.0 Å². The first-order valence-corrected chi connectivity index (χ1v) is 4.45. The van der Waals surface area contributed by atoms with Gasteiger partial charge in [0.25, 0.3) is 0 Å². The highest BCUT2D eigenvalue weighted by molar-refractivity contribution is 6.40. The molecule has 0 saturated carbocycles. The average molecular weight is 169 g/mol. The molecule has 0 aliphatic carbocycles. The van der Waals surface area contributed by atoms with Gasteiger partial charge >= 0.3 is 0 Å². The first-order chi connectivity index (χ1) is 5.70. The molecule has 0 bridgehead atoms. The molecule has 0 aromatic rings. The Morgan fingerprint density at radius 3 is 2.58 bits per heavy atom. The van der Waals surface area contributed by atoms with E-state index in [0.717, 1.165) is 12.8 Å². The van der Waals surface area contributed by atoms with Crippen molar-refractivity contribution in [2.45, 2.75) is 39.7 Å². The van der Waals surface area contributed by atoms with Crippen LogP contribution in [0.4, 0.5) is 0 Å². The molecule has 0 aromatic heterocycles. The zero-order chi connectivity index (χ0) is 9.14. The molecule has 2 atom stereocenters. The Labute approximate surface area is 72.8 Å². The van der Waals surface area contributed by atoms with Crippen LogP contribution in [0.1, 0.15) is 33.6 Å². The zero-order valence-electron chi connectivity index (χ0n) is 7.83. The summed E-state index contributed by atoms with van der Waals surface area (Å²) in [6.45, 7) is 5.65. The fourth-order valence-corrected chi connectivity index (χ4v) is 1.58. The van der Waals surface area contributed by atoms with Crippen molar-refractivity contribution in [3.63, 3.8) is 0 Å². The van der Waals surface area contributed by atoms with E-state index in [0.29, 0.717) is 5.71 Å². The minimum atomic E-state index is 0.0396. The molecule has 0 fully saturated rings. The maximum atomic E-state index is 11.1. The van der Waals surface area contributed by atoms with Gasteiger partial charge in [-0.3, -0.25) is 4.79 Å². The van der Waals surface area contributed by atoms with Gasteiger partial charge in [-0.2, -0.15) is 0 Å². The highest BCUT2D eigenvalue weighted by Gasteiger charge is 2.33. The molecule has 0 radical (unpaired) electrons. The number of carbonyl (C=O) groups is 1. The van der Waals surface area contributed by atoms with E-state index in [4.69, 9.17) is 4.84 Å². The molecule has 3 nitrogen and oxygen atoms in total. The smallest absolute Gasteiger partial charge is 0.177 e. The predicted molar refractivity (Wildman–Crippen MR) is 47.1 cm³/mol. The van der Waals surface area contributed by atoms with Gasteiger partial charge in [0.1, 0.15) is 11.8 Å². The number of carbonyl (C=O) groups excluding carboxylic acids is 1. The van der Waals surface area contributed by atoms with Crippen LogP contribution < -0.4 is 0 Å². The lowest BCUT2D eigenvalue weighted by atomic mass is 9.91. The summed E-state index contributed by atoms with van der Waals surface area (Å²) in [6.07, 6.45) is 1.96. The number of ketones is 1. The monoisotopic (exact) mass is 169 g/mol. The molecule has 68 valence electrons. The fourth-order valence-electron chi connectivity index (χ4n) is 1.58. The summed E-state index contributed by atoms with van der Waals surface area (Å²) in [5.74, 6) is 0.255. The number of nitrogens with zero attached hydrogens (tertiary/aromatic N) is 1. The maximum absolute atomic E-state index is 11.1. The molecule has 0 amide bonds. The predicted octanol–water partition coefficient (Wildman–Crippen LogP) is 1.77. The first-order valence-electron chi connectivity index (χ1n) is 4.45. The summed E-state index contributed by atoms with van der Waals surface area (Å²) in [5.41, 5.74) is 0.615. The van der Waals surface area contributed by atoms with Gasteiger partial charge in [-0.15, -0.1) is 0 Å². The lowest BCUT2D eigenvalue weighted by Crippen LogP contribution is -2.26. The van der Waals surface area contributed by atoms with Gasteiger partial charge in [0.05, 0.1) is 0 Å². The SMILES string of the molecule is CC[C@H]1ON=C(C(C)=O)[C@@H]1CC. The zero-order valence-corrected chi connectivity index (χ0v) is 7.83. The molecule has 1 aliphatic heterocycles. The molecular weight excluding hydrogens is 154 g/mol. The van der Waals surface area contributed by atoms with Crippen molar-refractivity contribution in [2.24, 2.45) is 11.1 Å². The van der Waals surface area contributed by atoms with Crippen molar-refractivity contribution < 1.29 is 9.63 Å². The van der Waals surface area contributed by atoms with Crippen LogP contribution in [-0.4, -0.2) is 17.6 Å². The average Bonchev–Trinajstić information content (AvgIpc) is 2.46. The summed E-state index contributed by atoms with van der Waals surface area (Å²) < 4.78 is 0. The van der Waals surface area contributed by atoms with E-state index < -0.39 is 0 Å². The van der Waals surface area contributed by atoms with E-state index in [9.17, 15) is 4.79 Å². The summed E-state index contributed by atoms with van der Waals surface area (Å²) >= 11 is 0. The highest BCUT2D eigenvalue weighted by Crippen LogP contribution is 2.24. The number of hydrogen-bond donors (Lipinski definition) is 0. The van der Waals surface area contributed by atoms with E-state index in [-0.39, 0.29) is 17.8 Å². The molecule has 12 heavy (non-hydrogen) atoms. The van der Waals surface area contributed by atoms with E-state index >= 15 is 0 Å². The minimum Gasteiger partial charge on any atom is -0.391 e. The van der Waals surface area contributed by atoms with Crippen molar-refractivity contribution in [2.75, 3.05) is 0 Å². The van der Waals surface area contributed by atoms with Crippen LogP contribution >= 0.6 is 0 Å². The Hall–Kier alpha value is -0.860. The Bertz CT molecular complexity index is 211. The molecule has 0 unspecified atom stereocenters. The quantitative estimate of drug-likeness (QED) is 0.645. The lowest BCUT2D eigenvalue weighted by molar-refractivity contribution is -0.111. The van der Waals surface area contributed by atoms with Crippen molar-refractivity contribution in [3.8, 4) is 0 Å². The molecule has 3 heteroatoms. The van der Waals surface area contributed by atoms with Crippen LogP contribution in [-0.2, 0) is 9.63 Å². The topological polar surface area (TPSA) is 38.7 Å². The number of oxime groups is 1. The Morgan fingerprint density at radius 1 is 1.50 bits per heavy atom. The molecule has 1 aliphatic rings. The second-order valence-corrected chi connectivity index (χ2v) is 3.10. The molecule has 0 N–H and O–H groups in total. The van der Waals surface area contributed by atoms with Crippen LogP contribution in [0.5, 0.6) is 0 Å². The van der Waals surface area contributed by atoms with Crippen molar-refractivity contribution >= 4 is 11.5 Å². The van der Waals surface area contributed by atoms with Gasteiger partial charge in [-0.25, -0.2) is 0 Å². The molecule has 1 rings (SSSR count). The van der Waals surface area contributed by atoms with Gasteiger partial charge in [0.2, 0.25) is 0 Å².